The van der Waals surface area contributed by atoms with E-state index < -0.39 is 0 Å². The van der Waals surface area contributed by atoms with Crippen LogP contribution in [0.5, 0.6) is 0 Å². The molecule has 0 N–H and O–H groups in total. The van der Waals surface area contributed by atoms with Gasteiger partial charge in [-0.2, -0.15) is 5.26 Å². The van der Waals surface area contributed by atoms with Crippen molar-refractivity contribution in [2.24, 2.45) is 5.92 Å². The summed E-state index contributed by atoms with van der Waals surface area (Å²) in [6, 6.07) is 5.10. The number of rotatable bonds is 5. The maximum atomic E-state index is 12.4. The molecule has 19 heavy (non-hydrogen) atoms. The standard InChI is InChI=1S/C13H15Cl2N3O/c1-9(2)8-18(7-3-6-16)13(19)12-10(14)4-5-11(15)17-12/h4-5,9H,3,7-8H2,1-2H3. The number of nitrogens with zero attached hydrogens (tertiary/aromatic N) is 3. The van der Waals surface area contributed by atoms with Crippen molar-refractivity contribution in [2.45, 2.75) is 20.3 Å². The van der Waals surface area contributed by atoms with Crippen molar-refractivity contribution < 1.29 is 4.79 Å². The van der Waals surface area contributed by atoms with Gasteiger partial charge in [-0.25, -0.2) is 4.98 Å². The number of halogens is 2. The summed E-state index contributed by atoms with van der Waals surface area (Å²) in [5.74, 6) is -0.00273. The highest BCUT2D eigenvalue weighted by atomic mass is 35.5. The number of aromatic nitrogens is 1. The zero-order chi connectivity index (χ0) is 14.4. The molecule has 0 spiro atoms. The van der Waals surface area contributed by atoms with Gasteiger partial charge in [0.1, 0.15) is 10.8 Å². The first-order valence-electron chi connectivity index (χ1n) is 5.94. The minimum atomic E-state index is -0.295. The van der Waals surface area contributed by atoms with Gasteiger partial charge in [-0.1, -0.05) is 37.0 Å². The van der Waals surface area contributed by atoms with Gasteiger partial charge in [-0.3, -0.25) is 4.79 Å². The van der Waals surface area contributed by atoms with Crippen LogP contribution in [-0.4, -0.2) is 28.9 Å². The molecule has 6 heteroatoms. The van der Waals surface area contributed by atoms with E-state index in [2.05, 4.69) is 4.98 Å². The zero-order valence-electron chi connectivity index (χ0n) is 10.9. The molecule has 0 radical (unpaired) electrons. The Hall–Kier alpha value is -1.31. The SMILES string of the molecule is CC(C)CN(CCC#N)C(=O)c1nc(Cl)ccc1Cl. The smallest absolute Gasteiger partial charge is 0.274 e. The molecule has 102 valence electrons. The minimum Gasteiger partial charge on any atom is -0.336 e. The monoisotopic (exact) mass is 299 g/mol. The molecule has 1 amide bonds. The Morgan fingerprint density at radius 2 is 2.16 bits per heavy atom. The third-order valence-corrected chi connectivity index (χ3v) is 2.90. The van der Waals surface area contributed by atoms with E-state index in [4.69, 9.17) is 28.5 Å². The van der Waals surface area contributed by atoms with Crippen LogP contribution in [-0.2, 0) is 0 Å². The van der Waals surface area contributed by atoms with Gasteiger partial charge in [0.2, 0.25) is 0 Å². The predicted molar refractivity (Wildman–Crippen MR) is 75.2 cm³/mol. The van der Waals surface area contributed by atoms with E-state index in [1.165, 1.54) is 6.07 Å². The number of amides is 1. The second-order valence-electron chi connectivity index (χ2n) is 4.52. The van der Waals surface area contributed by atoms with Crippen molar-refractivity contribution in [1.82, 2.24) is 9.88 Å². The van der Waals surface area contributed by atoms with Gasteiger partial charge in [0.05, 0.1) is 17.5 Å². The summed E-state index contributed by atoms with van der Waals surface area (Å²) in [5.41, 5.74) is 0.132. The van der Waals surface area contributed by atoms with E-state index in [-0.39, 0.29) is 28.2 Å². The Kier molecular flexibility index (Phi) is 6.07. The Balaban J connectivity index is 2.97. The summed E-state index contributed by atoms with van der Waals surface area (Å²) in [6.45, 7) is 4.91. The summed E-state index contributed by atoms with van der Waals surface area (Å²) < 4.78 is 0. The molecule has 1 aromatic heterocycles. The number of hydrogen-bond donors (Lipinski definition) is 0. The van der Waals surface area contributed by atoms with Crippen LogP contribution in [0.25, 0.3) is 0 Å². The summed E-state index contributed by atoms with van der Waals surface area (Å²) in [7, 11) is 0. The molecule has 1 heterocycles. The molecule has 0 atom stereocenters. The Labute approximate surface area is 122 Å². The molecule has 0 aliphatic rings. The third-order valence-electron chi connectivity index (χ3n) is 2.38. The van der Waals surface area contributed by atoms with E-state index in [0.717, 1.165) is 0 Å². The molecule has 0 fully saturated rings. The van der Waals surface area contributed by atoms with E-state index in [0.29, 0.717) is 19.0 Å². The Morgan fingerprint density at radius 1 is 1.47 bits per heavy atom. The lowest BCUT2D eigenvalue weighted by molar-refractivity contribution is 0.0734. The zero-order valence-corrected chi connectivity index (χ0v) is 12.4. The molecule has 0 aliphatic carbocycles. The first-order chi connectivity index (χ1) is 8.95. The largest absolute Gasteiger partial charge is 0.336 e. The Morgan fingerprint density at radius 3 is 2.74 bits per heavy atom. The van der Waals surface area contributed by atoms with E-state index >= 15 is 0 Å². The van der Waals surface area contributed by atoms with Crippen LogP contribution < -0.4 is 0 Å². The second kappa shape index (κ2) is 7.32. The lowest BCUT2D eigenvalue weighted by Crippen LogP contribution is -2.35. The van der Waals surface area contributed by atoms with Gasteiger partial charge in [-0.05, 0) is 18.1 Å². The molecular formula is C13H15Cl2N3O. The maximum absolute atomic E-state index is 12.4. The van der Waals surface area contributed by atoms with Crippen LogP contribution in [0.4, 0.5) is 0 Å². The van der Waals surface area contributed by atoms with E-state index in [9.17, 15) is 4.79 Å². The lowest BCUT2D eigenvalue weighted by atomic mass is 10.2. The molecular weight excluding hydrogens is 285 g/mol. The molecule has 1 aromatic rings. The third kappa shape index (κ3) is 4.70. The quantitative estimate of drug-likeness (QED) is 0.783. The highest BCUT2D eigenvalue weighted by Gasteiger charge is 2.20. The number of carbonyl (C=O) groups excluding carboxylic acids is 1. The number of nitriles is 1. The highest BCUT2D eigenvalue weighted by molar-refractivity contribution is 6.34. The maximum Gasteiger partial charge on any atom is 0.274 e. The number of hydrogen-bond acceptors (Lipinski definition) is 3. The van der Waals surface area contributed by atoms with Crippen molar-refractivity contribution in [3.63, 3.8) is 0 Å². The van der Waals surface area contributed by atoms with E-state index in [1.54, 1.807) is 11.0 Å². The van der Waals surface area contributed by atoms with Crippen LogP contribution in [0.15, 0.2) is 12.1 Å². The van der Waals surface area contributed by atoms with Gasteiger partial charge in [0.15, 0.2) is 0 Å². The van der Waals surface area contributed by atoms with Crippen molar-refractivity contribution >= 4 is 29.1 Å². The van der Waals surface area contributed by atoms with Gasteiger partial charge in [0, 0.05) is 13.1 Å². The van der Waals surface area contributed by atoms with Crippen molar-refractivity contribution in [1.29, 1.82) is 5.26 Å². The minimum absolute atomic E-state index is 0.132. The van der Waals surface area contributed by atoms with Gasteiger partial charge < -0.3 is 4.90 Å². The summed E-state index contributed by atoms with van der Waals surface area (Å²) in [5, 5.41) is 9.13. The molecule has 0 aromatic carbocycles. The Bertz CT molecular complexity index is 497. The fraction of sp³-hybridized carbons (Fsp3) is 0.462. The predicted octanol–water partition coefficient (Wildman–Crippen LogP) is 3.40. The van der Waals surface area contributed by atoms with Crippen molar-refractivity contribution in [3.05, 3.63) is 28.0 Å². The summed E-state index contributed by atoms with van der Waals surface area (Å²) in [4.78, 5) is 17.9. The fourth-order valence-electron chi connectivity index (χ4n) is 1.62. The van der Waals surface area contributed by atoms with Crippen molar-refractivity contribution in [2.75, 3.05) is 13.1 Å². The van der Waals surface area contributed by atoms with Crippen LogP contribution in [0.2, 0.25) is 10.2 Å². The van der Waals surface area contributed by atoms with Crippen LogP contribution in [0.3, 0.4) is 0 Å². The molecule has 4 nitrogen and oxygen atoms in total. The number of carbonyl (C=O) groups is 1. The van der Waals surface area contributed by atoms with Gasteiger partial charge >= 0.3 is 0 Å². The molecule has 0 saturated heterocycles. The highest BCUT2D eigenvalue weighted by Crippen LogP contribution is 2.19. The molecule has 1 rings (SSSR count). The summed E-state index contributed by atoms with van der Waals surface area (Å²) in [6.07, 6.45) is 0.274. The first-order valence-corrected chi connectivity index (χ1v) is 6.69. The van der Waals surface area contributed by atoms with Gasteiger partial charge in [-0.15, -0.1) is 0 Å². The van der Waals surface area contributed by atoms with Crippen LogP contribution in [0, 0.1) is 17.2 Å². The lowest BCUT2D eigenvalue weighted by Gasteiger charge is -2.23. The van der Waals surface area contributed by atoms with Gasteiger partial charge in [0.25, 0.3) is 5.91 Å². The summed E-state index contributed by atoms with van der Waals surface area (Å²) >= 11 is 11.8. The average molecular weight is 300 g/mol. The van der Waals surface area contributed by atoms with Crippen LogP contribution >= 0.6 is 23.2 Å². The molecule has 0 bridgehead atoms. The van der Waals surface area contributed by atoms with E-state index in [1.807, 2.05) is 19.9 Å². The molecule has 0 aliphatic heterocycles. The normalized spacial score (nSPS) is 10.3. The molecule has 0 saturated carbocycles. The van der Waals surface area contributed by atoms with Crippen molar-refractivity contribution in [3.8, 4) is 6.07 Å². The molecule has 0 unspecified atom stereocenters. The number of pyridine rings is 1. The topological polar surface area (TPSA) is 57.0 Å². The van der Waals surface area contributed by atoms with Crippen LogP contribution in [0.1, 0.15) is 30.8 Å². The average Bonchev–Trinajstić information content (AvgIpc) is 2.36. The first kappa shape index (κ1) is 15.7. The fourth-order valence-corrected chi connectivity index (χ4v) is 1.95. The second-order valence-corrected chi connectivity index (χ2v) is 5.31.